The average molecular weight is 300 g/mol. The molecule has 1 aliphatic rings. The van der Waals surface area contributed by atoms with Crippen LogP contribution in [-0.4, -0.2) is 18.4 Å². The Morgan fingerprint density at radius 1 is 1.29 bits per heavy atom. The van der Waals surface area contributed by atoms with E-state index in [0.29, 0.717) is 4.88 Å². The second-order valence-corrected chi connectivity index (χ2v) is 6.22. The molecule has 1 heterocycles. The lowest BCUT2D eigenvalue weighted by molar-refractivity contribution is -0.151. The highest BCUT2D eigenvalue weighted by atomic mass is 32.1. The number of hydrogen-bond acceptors (Lipinski definition) is 4. The molecule has 0 saturated carbocycles. The second-order valence-electron chi connectivity index (χ2n) is 5.30. The first-order valence-corrected chi connectivity index (χ1v) is 7.83. The van der Waals surface area contributed by atoms with Crippen molar-refractivity contribution < 1.29 is 14.3 Å². The maximum atomic E-state index is 12.8. The third-order valence-electron chi connectivity index (χ3n) is 4.09. The van der Waals surface area contributed by atoms with Gasteiger partial charge in [-0.25, -0.2) is 0 Å². The first kappa shape index (κ1) is 14.0. The Morgan fingerprint density at radius 2 is 2.00 bits per heavy atom. The van der Waals surface area contributed by atoms with Gasteiger partial charge < -0.3 is 4.74 Å². The summed E-state index contributed by atoms with van der Waals surface area (Å²) in [6, 6.07) is 11.6. The number of carbonyl (C=O) groups excluding carboxylic acids is 2. The van der Waals surface area contributed by atoms with Crippen LogP contribution in [0.3, 0.4) is 0 Å². The van der Waals surface area contributed by atoms with E-state index in [1.54, 1.807) is 13.8 Å². The number of esters is 1. The summed E-state index contributed by atoms with van der Waals surface area (Å²) in [6.45, 7) is 3.74. The number of rotatable bonds is 3. The Morgan fingerprint density at radius 3 is 2.67 bits per heavy atom. The summed E-state index contributed by atoms with van der Waals surface area (Å²) in [7, 11) is 0. The molecule has 1 aliphatic carbocycles. The van der Waals surface area contributed by atoms with Gasteiger partial charge in [-0.15, -0.1) is 11.3 Å². The summed E-state index contributed by atoms with van der Waals surface area (Å²) in [4.78, 5) is 26.0. The van der Waals surface area contributed by atoms with E-state index in [2.05, 4.69) is 0 Å². The van der Waals surface area contributed by atoms with Crippen LogP contribution in [0, 0.1) is 5.41 Å². The normalized spacial score (nSPS) is 23.9. The SMILES string of the molecule is CCOC(=O)C1(C)C(=O)c2sccc2[C@H]1c1ccccc1. The number of benzene rings is 1. The summed E-state index contributed by atoms with van der Waals surface area (Å²) >= 11 is 1.40. The lowest BCUT2D eigenvalue weighted by Gasteiger charge is -2.28. The van der Waals surface area contributed by atoms with Crippen molar-refractivity contribution in [3.05, 3.63) is 57.8 Å². The minimum Gasteiger partial charge on any atom is -0.465 e. The molecular weight excluding hydrogens is 284 g/mol. The number of ketones is 1. The van der Waals surface area contributed by atoms with Crippen LogP contribution in [0.25, 0.3) is 0 Å². The van der Waals surface area contributed by atoms with E-state index in [0.717, 1.165) is 11.1 Å². The minimum atomic E-state index is -1.17. The smallest absolute Gasteiger partial charge is 0.320 e. The predicted molar refractivity (Wildman–Crippen MR) is 81.7 cm³/mol. The number of fused-ring (bicyclic) bond motifs is 1. The Kier molecular flexibility index (Phi) is 3.41. The quantitative estimate of drug-likeness (QED) is 0.642. The van der Waals surface area contributed by atoms with E-state index in [1.165, 1.54) is 11.3 Å². The minimum absolute atomic E-state index is 0.125. The van der Waals surface area contributed by atoms with Crippen molar-refractivity contribution >= 4 is 23.1 Å². The van der Waals surface area contributed by atoms with Crippen LogP contribution in [0.1, 0.15) is 40.6 Å². The summed E-state index contributed by atoms with van der Waals surface area (Å²) in [5, 5.41) is 1.91. The van der Waals surface area contributed by atoms with Crippen LogP contribution in [0.5, 0.6) is 0 Å². The van der Waals surface area contributed by atoms with Gasteiger partial charge in [0.2, 0.25) is 0 Å². The molecule has 0 radical (unpaired) electrons. The van der Waals surface area contributed by atoms with E-state index in [9.17, 15) is 9.59 Å². The standard InChI is InChI=1S/C17H16O3S/c1-3-20-16(19)17(2)13(11-7-5-4-6-8-11)12-9-10-21-14(12)15(17)18/h4-10,13H,3H2,1-2H3/t13-,17?/m1/s1. The molecule has 108 valence electrons. The van der Waals surface area contributed by atoms with Gasteiger partial charge in [-0.1, -0.05) is 30.3 Å². The topological polar surface area (TPSA) is 43.4 Å². The van der Waals surface area contributed by atoms with Gasteiger partial charge in [0.25, 0.3) is 0 Å². The number of thiophene rings is 1. The van der Waals surface area contributed by atoms with Crippen molar-refractivity contribution in [3.63, 3.8) is 0 Å². The Balaban J connectivity index is 2.17. The molecule has 0 aliphatic heterocycles. The van der Waals surface area contributed by atoms with Crippen molar-refractivity contribution in [2.24, 2.45) is 5.41 Å². The average Bonchev–Trinajstić information content (AvgIpc) is 3.03. The van der Waals surface area contributed by atoms with Gasteiger partial charge >= 0.3 is 5.97 Å². The largest absolute Gasteiger partial charge is 0.465 e. The van der Waals surface area contributed by atoms with Crippen molar-refractivity contribution in [3.8, 4) is 0 Å². The van der Waals surface area contributed by atoms with Crippen molar-refractivity contribution in [2.45, 2.75) is 19.8 Å². The fraction of sp³-hybridized carbons (Fsp3) is 0.294. The second kappa shape index (κ2) is 5.11. The molecule has 3 rings (SSSR count). The van der Waals surface area contributed by atoms with Crippen LogP contribution in [-0.2, 0) is 9.53 Å². The van der Waals surface area contributed by atoms with E-state index < -0.39 is 11.4 Å². The number of ether oxygens (including phenoxy) is 1. The third kappa shape index (κ3) is 1.94. The first-order valence-electron chi connectivity index (χ1n) is 6.95. The van der Waals surface area contributed by atoms with Crippen LogP contribution in [0.4, 0.5) is 0 Å². The molecule has 4 heteroatoms. The Labute approximate surface area is 127 Å². The molecule has 1 aromatic heterocycles. The molecular formula is C17H16O3S. The van der Waals surface area contributed by atoms with Crippen LogP contribution in [0.2, 0.25) is 0 Å². The molecule has 0 N–H and O–H groups in total. The van der Waals surface area contributed by atoms with Gasteiger partial charge in [0.05, 0.1) is 11.5 Å². The predicted octanol–water partition coefficient (Wildman–Crippen LogP) is 3.65. The summed E-state index contributed by atoms with van der Waals surface area (Å²) in [6.07, 6.45) is 0. The van der Waals surface area contributed by atoms with Crippen LogP contribution < -0.4 is 0 Å². The van der Waals surface area contributed by atoms with E-state index in [-0.39, 0.29) is 18.3 Å². The van der Waals surface area contributed by atoms with Crippen molar-refractivity contribution in [1.82, 2.24) is 0 Å². The van der Waals surface area contributed by atoms with Gasteiger partial charge in [-0.2, -0.15) is 0 Å². The molecule has 2 aromatic rings. The molecule has 0 bridgehead atoms. The van der Waals surface area contributed by atoms with Crippen LogP contribution >= 0.6 is 11.3 Å². The third-order valence-corrected chi connectivity index (χ3v) is 5.02. The zero-order chi connectivity index (χ0) is 15.0. The number of carbonyl (C=O) groups is 2. The Hall–Kier alpha value is -1.94. The van der Waals surface area contributed by atoms with E-state index >= 15 is 0 Å². The number of hydrogen-bond donors (Lipinski definition) is 0. The van der Waals surface area contributed by atoms with Crippen molar-refractivity contribution in [2.75, 3.05) is 6.61 Å². The lowest BCUT2D eigenvalue weighted by atomic mass is 9.73. The highest BCUT2D eigenvalue weighted by Gasteiger charge is 2.57. The van der Waals surface area contributed by atoms with E-state index in [4.69, 9.17) is 4.74 Å². The molecule has 3 nitrogen and oxygen atoms in total. The summed E-state index contributed by atoms with van der Waals surface area (Å²) in [5.41, 5.74) is 0.741. The zero-order valence-electron chi connectivity index (χ0n) is 12.0. The monoisotopic (exact) mass is 300 g/mol. The highest BCUT2D eigenvalue weighted by molar-refractivity contribution is 7.12. The van der Waals surface area contributed by atoms with Crippen molar-refractivity contribution in [1.29, 1.82) is 0 Å². The lowest BCUT2D eigenvalue weighted by Crippen LogP contribution is -2.39. The van der Waals surface area contributed by atoms with E-state index in [1.807, 2.05) is 41.8 Å². The molecule has 2 atom stereocenters. The fourth-order valence-electron chi connectivity index (χ4n) is 3.06. The molecule has 0 saturated heterocycles. The molecule has 1 aromatic carbocycles. The summed E-state index contributed by atoms with van der Waals surface area (Å²) < 4.78 is 5.20. The fourth-order valence-corrected chi connectivity index (χ4v) is 4.05. The summed E-state index contributed by atoms with van der Waals surface area (Å²) in [5.74, 6) is -0.835. The maximum Gasteiger partial charge on any atom is 0.320 e. The van der Waals surface area contributed by atoms with Gasteiger partial charge in [0.15, 0.2) is 5.78 Å². The van der Waals surface area contributed by atoms with Gasteiger partial charge in [0.1, 0.15) is 5.41 Å². The molecule has 21 heavy (non-hydrogen) atoms. The molecule has 0 amide bonds. The molecule has 0 fully saturated rings. The van der Waals surface area contributed by atoms with Gasteiger partial charge in [-0.3, -0.25) is 9.59 Å². The maximum absolute atomic E-state index is 12.8. The molecule has 1 unspecified atom stereocenters. The number of Topliss-reactive ketones (excluding diaryl/α,β-unsaturated/α-hetero) is 1. The first-order chi connectivity index (χ1) is 10.1. The Bertz CT molecular complexity index is 689. The highest BCUT2D eigenvalue weighted by Crippen LogP contribution is 2.52. The zero-order valence-corrected chi connectivity index (χ0v) is 12.8. The molecule has 0 spiro atoms. The van der Waals surface area contributed by atoms with Gasteiger partial charge in [-0.05, 0) is 36.4 Å². The van der Waals surface area contributed by atoms with Crippen LogP contribution in [0.15, 0.2) is 41.8 Å². The van der Waals surface area contributed by atoms with Gasteiger partial charge in [0, 0.05) is 5.92 Å².